The van der Waals surface area contributed by atoms with Gasteiger partial charge in [-0.05, 0) is 24.8 Å². The Kier molecular flexibility index (Phi) is 7.23. The Morgan fingerprint density at radius 3 is 2.36 bits per heavy atom. The molecule has 0 spiro atoms. The second-order valence-corrected chi connectivity index (χ2v) is 7.37. The normalized spacial score (nSPS) is 17.6. The molecule has 2 fully saturated rings. The van der Waals surface area contributed by atoms with Crippen LogP contribution in [0.5, 0.6) is 0 Å². The van der Waals surface area contributed by atoms with E-state index in [9.17, 15) is 4.79 Å². The molecule has 7 heteroatoms. The maximum atomic E-state index is 12.1. The van der Waals surface area contributed by atoms with Crippen molar-refractivity contribution in [3.8, 4) is 0 Å². The van der Waals surface area contributed by atoms with E-state index in [0.717, 1.165) is 37.6 Å². The number of hydrogen-bond donors (Lipinski definition) is 1. The van der Waals surface area contributed by atoms with Crippen LogP contribution in [0.15, 0.2) is 42.7 Å². The van der Waals surface area contributed by atoms with Crippen LogP contribution < -0.4 is 10.2 Å². The van der Waals surface area contributed by atoms with Crippen LogP contribution in [-0.4, -0.2) is 47.0 Å². The van der Waals surface area contributed by atoms with Gasteiger partial charge in [-0.15, -0.1) is 12.4 Å². The van der Waals surface area contributed by atoms with Crippen LogP contribution in [0.1, 0.15) is 42.9 Å². The van der Waals surface area contributed by atoms with Crippen LogP contribution in [0.2, 0.25) is 0 Å². The molecule has 0 saturated carbocycles. The fraction of sp³-hybridized carbons (Fsp3) is 0.476. The van der Waals surface area contributed by atoms with Crippen LogP contribution in [0.4, 0.5) is 5.95 Å². The molecular formula is C21H28ClN5O. The van der Waals surface area contributed by atoms with Crippen LogP contribution in [0.25, 0.3) is 0 Å². The Balaban J connectivity index is 0.00000225. The second-order valence-electron chi connectivity index (χ2n) is 7.37. The molecular weight excluding hydrogens is 374 g/mol. The van der Waals surface area contributed by atoms with E-state index in [2.05, 4.69) is 32.3 Å². The fourth-order valence-electron chi connectivity index (χ4n) is 3.85. The van der Waals surface area contributed by atoms with Gasteiger partial charge in [0.05, 0.1) is 6.04 Å². The quantitative estimate of drug-likeness (QED) is 0.772. The molecule has 1 N–H and O–H groups in total. The number of likely N-dealkylation sites (tertiary alicyclic amines) is 1. The maximum absolute atomic E-state index is 12.1. The lowest BCUT2D eigenvalue weighted by Crippen LogP contribution is -2.35. The minimum atomic E-state index is 0. The minimum absolute atomic E-state index is 0. The smallest absolute Gasteiger partial charge is 0.225 e. The third-order valence-electron chi connectivity index (χ3n) is 5.41. The zero-order valence-corrected chi connectivity index (χ0v) is 16.9. The number of nitrogens with one attached hydrogen (secondary N) is 1. The van der Waals surface area contributed by atoms with Gasteiger partial charge in [-0.1, -0.05) is 30.3 Å². The molecule has 28 heavy (non-hydrogen) atoms. The molecule has 0 bridgehead atoms. The van der Waals surface area contributed by atoms with Crippen LogP contribution in [0, 0.1) is 0 Å². The molecule has 2 aliphatic rings. The number of carbonyl (C=O) groups is 1. The summed E-state index contributed by atoms with van der Waals surface area (Å²) in [6.07, 6.45) is 7.91. The van der Waals surface area contributed by atoms with Gasteiger partial charge >= 0.3 is 0 Å². The maximum Gasteiger partial charge on any atom is 0.225 e. The number of nitrogens with zero attached hydrogens (tertiary/aromatic N) is 4. The highest BCUT2D eigenvalue weighted by Crippen LogP contribution is 2.19. The third kappa shape index (κ3) is 5.00. The summed E-state index contributed by atoms with van der Waals surface area (Å²) in [5.74, 6) is 1.09. The summed E-state index contributed by atoms with van der Waals surface area (Å²) in [5, 5.41) is 3.60. The number of aromatic nitrogens is 2. The van der Waals surface area contributed by atoms with Crippen molar-refractivity contribution in [2.75, 3.05) is 31.1 Å². The third-order valence-corrected chi connectivity index (χ3v) is 5.41. The van der Waals surface area contributed by atoms with Gasteiger partial charge in [-0.25, -0.2) is 9.97 Å². The average molecular weight is 402 g/mol. The molecule has 2 aliphatic heterocycles. The van der Waals surface area contributed by atoms with Gasteiger partial charge in [-0.2, -0.15) is 0 Å². The van der Waals surface area contributed by atoms with Crippen molar-refractivity contribution in [1.29, 1.82) is 0 Å². The van der Waals surface area contributed by atoms with Gasteiger partial charge in [0.2, 0.25) is 11.9 Å². The number of rotatable bonds is 7. The van der Waals surface area contributed by atoms with E-state index in [1.54, 1.807) is 0 Å². The van der Waals surface area contributed by atoms with E-state index in [-0.39, 0.29) is 24.4 Å². The molecule has 1 atom stereocenters. The van der Waals surface area contributed by atoms with Crippen molar-refractivity contribution >= 4 is 24.3 Å². The van der Waals surface area contributed by atoms with Crippen molar-refractivity contribution < 1.29 is 4.79 Å². The van der Waals surface area contributed by atoms with Crippen molar-refractivity contribution in [1.82, 2.24) is 20.2 Å². The van der Waals surface area contributed by atoms with E-state index >= 15 is 0 Å². The van der Waals surface area contributed by atoms with Gasteiger partial charge < -0.3 is 15.1 Å². The topological polar surface area (TPSA) is 61.4 Å². The lowest BCUT2D eigenvalue weighted by atomic mass is 10.1. The van der Waals surface area contributed by atoms with E-state index < -0.39 is 0 Å². The lowest BCUT2D eigenvalue weighted by molar-refractivity contribution is -0.128. The number of carbonyl (C=O) groups excluding carboxylic acids is 1. The predicted octanol–water partition coefficient (Wildman–Crippen LogP) is 2.95. The van der Waals surface area contributed by atoms with Crippen molar-refractivity contribution in [3.63, 3.8) is 0 Å². The van der Waals surface area contributed by atoms with Gasteiger partial charge in [0, 0.05) is 57.1 Å². The first-order chi connectivity index (χ1) is 13.3. The summed E-state index contributed by atoms with van der Waals surface area (Å²) in [5.41, 5.74) is 2.26. The van der Waals surface area contributed by atoms with E-state index in [4.69, 9.17) is 0 Å². The minimum Gasteiger partial charge on any atom is -0.341 e. The molecule has 1 aromatic heterocycles. The lowest BCUT2D eigenvalue weighted by Gasteiger charge is -2.25. The molecule has 2 saturated heterocycles. The molecule has 6 nitrogen and oxygen atoms in total. The molecule has 1 unspecified atom stereocenters. The summed E-state index contributed by atoms with van der Waals surface area (Å²) in [4.78, 5) is 25.3. The molecule has 1 amide bonds. The molecule has 2 aromatic rings. The average Bonchev–Trinajstić information content (AvgIpc) is 3.38. The van der Waals surface area contributed by atoms with Gasteiger partial charge in [0.1, 0.15) is 0 Å². The summed E-state index contributed by atoms with van der Waals surface area (Å²) >= 11 is 0. The summed E-state index contributed by atoms with van der Waals surface area (Å²) < 4.78 is 0. The zero-order chi connectivity index (χ0) is 18.5. The second kappa shape index (κ2) is 9.85. The molecule has 1 aromatic carbocycles. The van der Waals surface area contributed by atoms with Crippen molar-refractivity contribution in [3.05, 3.63) is 53.9 Å². The number of benzene rings is 1. The summed E-state index contributed by atoms with van der Waals surface area (Å²) in [6.45, 7) is 4.35. The van der Waals surface area contributed by atoms with E-state index in [1.807, 2.05) is 35.5 Å². The van der Waals surface area contributed by atoms with Gasteiger partial charge in [0.25, 0.3) is 0 Å². The Bertz CT molecular complexity index is 749. The molecule has 3 heterocycles. The first-order valence-corrected chi connectivity index (χ1v) is 9.91. The van der Waals surface area contributed by atoms with E-state index in [0.29, 0.717) is 19.5 Å². The monoisotopic (exact) mass is 401 g/mol. The standard InChI is InChI=1S/C21H27N5O.ClH/c27-20-9-6-12-26(20)16-19(18-7-2-1-3-8-18)22-13-17-14-23-21(24-15-17)25-10-4-5-11-25;/h1-3,7-8,14-15,19,22H,4-6,9-13,16H2;1H. The van der Waals surface area contributed by atoms with Gasteiger partial charge in [0.15, 0.2) is 0 Å². The van der Waals surface area contributed by atoms with E-state index in [1.165, 1.54) is 18.4 Å². The zero-order valence-electron chi connectivity index (χ0n) is 16.1. The number of hydrogen-bond acceptors (Lipinski definition) is 5. The van der Waals surface area contributed by atoms with Crippen molar-refractivity contribution in [2.45, 2.75) is 38.3 Å². The highest BCUT2D eigenvalue weighted by molar-refractivity contribution is 5.85. The Morgan fingerprint density at radius 2 is 1.71 bits per heavy atom. The predicted molar refractivity (Wildman–Crippen MR) is 113 cm³/mol. The Labute approximate surface area is 172 Å². The number of anilines is 1. The summed E-state index contributed by atoms with van der Waals surface area (Å²) in [6, 6.07) is 10.4. The highest BCUT2D eigenvalue weighted by Gasteiger charge is 2.24. The first-order valence-electron chi connectivity index (χ1n) is 9.91. The Morgan fingerprint density at radius 1 is 1.00 bits per heavy atom. The molecule has 0 radical (unpaired) electrons. The van der Waals surface area contributed by atoms with Crippen LogP contribution >= 0.6 is 12.4 Å². The van der Waals surface area contributed by atoms with Crippen LogP contribution in [0.3, 0.4) is 0 Å². The fourth-order valence-corrected chi connectivity index (χ4v) is 3.85. The molecule has 4 rings (SSSR count). The largest absolute Gasteiger partial charge is 0.341 e. The van der Waals surface area contributed by atoms with Crippen LogP contribution in [-0.2, 0) is 11.3 Å². The van der Waals surface area contributed by atoms with Gasteiger partial charge in [-0.3, -0.25) is 4.79 Å². The SMILES string of the molecule is Cl.O=C1CCCN1CC(NCc1cnc(N2CCCC2)nc1)c1ccccc1. The molecule has 0 aliphatic carbocycles. The Hall–Kier alpha value is -2.18. The number of amides is 1. The molecule has 150 valence electrons. The summed E-state index contributed by atoms with van der Waals surface area (Å²) in [7, 11) is 0. The number of halogens is 1. The highest BCUT2D eigenvalue weighted by atomic mass is 35.5. The van der Waals surface area contributed by atoms with Crippen molar-refractivity contribution in [2.24, 2.45) is 0 Å². The first kappa shape index (κ1) is 20.6.